The highest BCUT2D eigenvalue weighted by atomic mass is 16.5. The molecule has 1 aromatic rings. The predicted octanol–water partition coefficient (Wildman–Crippen LogP) is 4.10. The molecule has 0 saturated heterocycles. The maximum Gasteiger partial charge on any atom is 0.141 e. The van der Waals surface area contributed by atoms with Gasteiger partial charge in [-0.05, 0) is 37.1 Å². The summed E-state index contributed by atoms with van der Waals surface area (Å²) in [5, 5.41) is 3.37. The van der Waals surface area contributed by atoms with Crippen LogP contribution in [0.5, 0.6) is 5.75 Å². The van der Waals surface area contributed by atoms with Gasteiger partial charge in [-0.2, -0.15) is 0 Å². The summed E-state index contributed by atoms with van der Waals surface area (Å²) < 4.78 is 5.33. The molecule has 0 atom stereocenters. The summed E-state index contributed by atoms with van der Waals surface area (Å²) in [6, 6.07) is 6.09. The van der Waals surface area contributed by atoms with Gasteiger partial charge in [0.25, 0.3) is 0 Å². The molecule has 0 aliphatic rings. The Hall–Kier alpha value is -1.96. The van der Waals surface area contributed by atoms with Crippen LogP contribution in [0.4, 0.5) is 5.69 Å². The molecule has 0 aromatic heterocycles. The van der Waals surface area contributed by atoms with E-state index in [1.807, 2.05) is 43.4 Å². The molecule has 1 aromatic carbocycles. The molecule has 2 nitrogen and oxygen atoms in total. The minimum absolute atomic E-state index is 0.730. The highest BCUT2D eigenvalue weighted by Crippen LogP contribution is 2.25. The Labute approximate surface area is 110 Å². The van der Waals surface area contributed by atoms with Crippen molar-refractivity contribution in [2.24, 2.45) is 0 Å². The van der Waals surface area contributed by atoms with E-state index in [2.05, 4.69) is 24.9 Å². The van der Waals surface area contributed by atoms with E-state index < -0.39 is 0 Å². The number of allylic oxidation sites excluding steroid dienone is 3. The monoisotopic (exact) mass is 243 g/mol. The average molecular weight is 243 g/mol. The van der Waals surface area contributed by atoms with Crippen LogP contribution in [0.25, 0.3) is 0 Å². The van der Waals surface area contributed by atoms with Crippen LogP contribution in [0.15, 0.2) is 54.7 Å². The predicted molar refractivity (Wildman–Crippen MR) is 79.3 cm³/mol. The third-order valence-electron chi connectivity index (χ3n) is 2.60. The van der Waals surface area contributed by atoms with E-state index in [4.69, 9.17) is 4.74 Å². The second-order valence-corrected chi connectivity index (χ2v) is 4.03. The van der Waals surface area contributed by atoms with E-state index in [0.29, 0.717) is 0 Å². The number of benzene rings is 1. The Bertz CT molecular complexity index is 458. The zero-order valence-electron chi connectivity index (χ0n) is 11.4. The number of ether oxygens (including phenoxy) is 1. The molecule has 0 aliphatic heterocycles. The van der Waals surface area contributed by atoms with Crippen molar-refractivity contribution in [2.45, 2.75) is 13.8 Å². The molecule has 18 heavy (non-hydrogen) atoms. The number of anilines is 1. The van der Waals surface area contributed by atoms with E-state index in [9.17, 15) is 0 Å². The summed E-state index contributed by atoms with van der Waals surface area (Å²) in [5.74, 6) is 0.857. The van der Waals surface area contributed by atoms with Gasteiger partial charge in [0.15, 0.2) is 0 Å². The Kier molecular flexibility index (Phi) is 5.78. The van der Waals surface area contributed by atoms with Crippen molar-refractivity contribution >= 4 is 5.69 Å². The van der Waals surface area contributed by atoms with E-state index in [-0.39, 0.29) is 0 Å². The van der Waals surface area contributed by atoms with Gasteiger partial charge in [0.05, 0.1) is 12.8 Å². The van der Waals surface area contributed by atoms with Gasteiger partial charge in [-0.15, -0.1) is 0 Å². The summed E-state index contributed by atoms with van der Waals surface area (Å²) in [7, 11) is 1.68. The first kappa shape index (κ1) is 14.1. The molecule has 96 valence electrons. The SMILES string of the molecule is C=C/C(=C\C=C/C)CNc1cc(C)ccc1OC. The lowest BCUT2D eigenvalue weighted by Crippen LogP contribution is -2.05. The molecule has 0 radical (unpaired) electrons. The van der Waals surface area contributed by atoms with Gasteiger partial charge in [-0.1, -0.05) is 36.9 Å². The molecule has 0 unspecified atom stereocenters. The number of hydrogen-bond acceptors (Lipinski definition) is 2. The summed E-state index contributed by atoms with van der Waals surface area (Å²) >= 11 is 0. The lowest BCUT2D eigenvalue weighted by molar-refractivity contribution is 0.416. The van der Waals surface area contributed by atoms with Crippen LogP contribution in [0.1, 0.15) is 12.5 Å². The van der Waals surface area contributed by atoms with Crippen LogP contribution in [0, 0.1) is 6.92 Å². The zero-order valence-corrected chi connectivity index (χ0v) is 11.4. The Balaban J connectivity index is 2.78. The standard InChI is InChI=1S/C16H21NO/c1-5-7-8-14(6-2)12-17-15-11-13(3)9-10-16(15)18-4/h5-11,17H,2,12H2,1,3-4H3/b7-5-,14-8+. The summed E-state index contributed by atoms with van der Waals surface area (Å²) in [5.41, 5.74) is 3.35. The first-order valence-electron chi connectivity index (χ1n) is 6.04. The van der Waals surface area contributed by atoms with Crippen molar-refractivity contribution in [2.75, 3.05) is 19.0 Å². The van der Waals surface area contributed by atoms with Gasteiger partial charge in [0.1, 0.15) is 5.75 Å². The van der Waals surface area contributed by atoms with Crippen LogP contribution < -0.4 is 10.1 Å². The van der Waals surface area contributed by atoms with Crippen molar-refractivity contribution in [3.8, 4) is 5.75 Å². The molecular formula is C16H21NO. The van der Waals surface area contributed by atoms with E-state index >= 15 is 0 Å². The summed E-state index contributed by atoms with van der Waals surface area (Å²) in [6.45, 7) is 8.60. The minimum Gasteiger partial charge on any atom is -0.495 e. The van der Waals surface area contributed by atoms with E-state index in [0.717, 1.165) is 23.6 Å². The highest BCUT2D eigenvalue weighted by Gasteiger charge is 2.02. The minimum atomic E-state index is 0.730. The first-order chi connectivity index (χ1) is 8.71. The molecule has 0 saturated carbocycles. The molecule has 0 spiro atoms. The van der Waals surface area contributed by atoms with Crippen LogP contribution >= 0.6 is 0 Å². The highest BCUT2D eigenvalue weighted by molar-refractivity contribution is 5.58. The van der Waals surface area contributed by atoms with Gasteiger partial charge in [0, 0.05) is 6.54 Å². The molecule has 1 N–H and O–H groups in total. The van der Waals surface area contributed by atoms with Crippen molar-refractivity contribution in [1.29, 1.82) is 0 Å². The molecular weight excluding hydrogens is 222 g/mol. The number of hydrogen-bond donors (Lipinski definition) is 1. The third kappa shape index (κ3) is 4.13. The Morgan fingerprint density at radius 1 is 1.44 bits per heavy atom. The largest absolute Gasteiger partial charge is 0.495 e. The van der Waals surface area contributed by atoms with Gasteiger partial charge in [-0.25, -0.2) is 0 Å². The van der Waals surface area contributed by atoms with Crippen molar-refractivity contribution < 1.29 is 4.74 Å². The Morgan fingerprint density at radius 2 is 2.22 bits per heavy atom. The van der Waals surface area contributed by atoms with E-state index in [1.54, 1.807) is 7.11 Å². The van der Waals surface area contributed by atoms with E-state index in [1.165, 1.54) is 5.56 Å². The van der Waals surface area contributed by atoms with Gasteiger partial charge in [0.2, 0.25) is 0 Å². The van der Waals surface area contributed by atoms with Crippen LogP contribution in [0.3, 0.4) is 0 Å². The summed E-state index contributed by atoms with van der Waals surface area (Å²) in [6.07, 6.45) is 7.90. The van der Waals surface area contributed by atoms with Crippen molar-refractivity contribution in [3.63, 3.8) is 0 Å². The van der Waals surface area contributed by atoms with Crippen LogP contribution in [-0.4, -0.2) is 13.7 Å². The van der Waals surface area contributed by atoms with Crippen molar-refractivity contribution in [3.05, 3.63) is 60.2 Å². The van der Waals surface area contributed by atoms with Gasteiger partial charge in [-0.3, -0.25) is 0 Å². The van der Waals surface area contributed by atoms with Gasteiger partial charge >= 0.3 is 0 Å². The smallest absolute Gasteiger partial charge is 0.141 e. The molecule has 0 heterocycles. The number of methoxy groups -OCH3 is 1. The van der Waals surface area contributed by atoms with Crippen LogP contribution in [-0.2, 0) is 0 Å². The topological polar surface area (TPSA) is 21.3 Å². The maximum absolute atomic E-state index is 5.33. The lowest BCUT2D eigenvalue weighted by atomic mass is 10.2. The third-order valence-corrected chi connectivity index (χ3v) is 2.60. The fourth-order valence-corrected chi connectivity index (χ4v) is 1.58. The zero-order chi connectivity index (χ0) is 13.4. The fourth-order valence-electron chi connectivity index (χ4n) is 1.58. The van der Waals surface area contributed by atoms with Crippen molar-refractivity contribution in [1.82, 2.24) is 0 Å². The lowest BCUT2D eigenvalue weighted by Gasteiger charge is -2.12. The average Bonchev–Trinajstić information content (AvgIpc) is 2.39. The van der Waals surface area contributed by atoms with Crippen LogP contribution in [0.2, 0.25) is 0 Å². The van der Waals surface area contributed by atoms with Gasteiger partial charge < -0.3 is 10.1 Å². The fraction of sp³-hybridized carbons (Fsp3) is 0.250. The molecule has 2 heteroatoms. The second-order valence-electron chi connectivity index (χ2n) is 4.03. The molecule has 0 aliphatic carbocycles. The molecule has 0 bridgehead atoms. The number of rotatable bonds is 6. The quantitative estimate of drug-likeness (QED) is 0.759. The number of aryl methyl sites for hydroxylation is 1. The normalized spacial score (nSPS) is 11.6. The second kappa shape index (κ2) is 7.38. The Morgan fingerprint density at radius 3 is 2.83 bits per heavy atom. The maximum atomic E-state index is 5.33. The first-order valence-corrected chi connectivity index (χ1v) is 6.04. The molecule has 1 rings (SSSR count). The summed E-state index contributed by atoms with van der Waals surface area (Å²) in [4.78, 5) is 0. The number of nitrogens with one attached hydrogen (secondary N) is 1. The molecule has 0 fully saturated rings. The molecule has 0 amide bonds.